The van der Waals surface area contributed by atoms with Crippen molar-refractivity contribution in [3.05, 3.63) is 33.9 Å². The first kappa shape index (κ1) is 11.0. The molecule has 1 aromatic carbocycles. The van der Waals surface area contributed by atoms with Crippen molar-refractivity contribution >= 4 is 32.5 Å². The largest absolute Gasteiger partial charge is 0.398 e. The highest BCUT2D eigenvalue weighted by molar-refractivity contribution is 9.10. The van der Waals surface area contributed by atoms with Gasteiger partial charge in [-0.15, -0.1) is 0 Å². The van der Waals surface area contributed by atoms with Gasteiger partial charge >= 0.3 is 0 Å². The number of nitrogen functional groups attached to an aromatic ring is 1. The number of para-hydroxylation sites is 1. The van der Waals surface area contributed by atoms with Crippen LogP contribution in [0, 0.1) is 0 Å². The molecule has 1 aliphatic rings. The van der Waals surface area contributed by atoms with Crippen LogP contribution in [0.5, 0.6) is 0 Å². The number of aromatic nitrogens is 1. The van der Waals surface area contributed by atoms with Gasteiger partial charge in [-0.1, -0.05) is 18.6 Å². The van der Waals surface area contributed by atoms with Gasteiger partial charge < -0.3 is 5.73 Å². The second-order valence-corrected chi connectivity index (χ2v) is 5.50. The van der Waals surface area contributed by atoms with Gasteiger partial charge in [-0.3, -0.25) is 4.98 Å². The normalized spacial score (nSPS) is 15.6. The molecule has 17 heavy (non-hydrogen) atoms. The van der Waals surface area contributed by atoms with E-state index in [9.17, 15) is 0 Å². The molecule has 0 bridgehead atoms. The number of pyridine rings is 1. The van der Waals surface area contributed by atoms with Gasteiger partial charge in [-0.2, -0.15) is 0 Å². The molecule has 2 N–H and O–H groups in total. The molecule has 0 saturated carbocycles. The van der Waals surface area contributed by atoms with Crippen molar-refractivity contribution in [3.63, 3.8) is 0 Å². The van der Waals surface area contributed by atoms with Crippen LogP contribution in [0.25, 0.3) is 10.9 Å². The molecule has 3 rings (SSSR count). The molecule has 1 heterocycles. The number of hydrogen-bond acceptors (Lipinski definition) is 2. The van der Waals surface area contributed by atoms with E-state index in [1.54, 1.807) is 0 Å². The molecule has 0 spiro atoms. The van der Waals surface area contributed by atoms with Crippen LogP contribution >= 0.6 is 15.9 Å². The molecule has 1 aromatic heterocycles. The Labute approximate surface area is 109 Å². The lowest BCUT2D eigenvalue weighted by Gasteiger charge is -2.12. The molecule has 0 atom stereocenters. The van der Waals surface area contributed by atoms with Crippen molar-refractivity contribution < 1.29 is 0 Å². The zero-order valence-corrected chi connectivity index (χ0v) is 11.3. The highest BCUT2D eigenvalue weighted by atomic mass is 79.9. The molecule has 3 heteroatoms. The van der Waals surface area contributed by atoms with Crippen LogP contribution in [-0.4, -0.2) is 4.98 Å². The molecule has 0 aliphatic heterocycles. The van der Waals surface area contributed by atoms with Gasteiger partial charge in [0, 0.05) is 21.2 Å². The van der Waals surface area contributed by atoms with Gasteiger partial charge in [0.2, 0.25) is 0 Å². The van der Waals surface area contributed by atoms with E-state index in [0.29, 0.717) is 0 Å². The Morgan fingerprint density at radius 3 is 2.82 bits per heavy atom. The molecule has 0 fully saturated rings. The number of fused-ring (bicyclic) bond motifs is 2. The molecule has 2 aromatic rings. The summed E-state index contributed by atoms with van der Waals surface area (Å²) < 4.78 is 1.04. The number of hydrogen-bond donors (Lipinski definition) is 1. The van der Waals surface area contributed by atoms with E-state index >= 15 is 0 Å². The van der Waals surface area contributed by atoms with E-state index in [-0.39, 0.29) is 0 Å². The third-order valence-corrected chi connectivity index (χ3v) is 4.18. The van der Waals surface area contributed by atoms with Gasteiger partial charge in [-0.25, -0.2) is 0 Å². The van der Waals surface area contributed by atoms with Crippen LogP contribution in [-0.2, 0) is 12.8 Å². The van der Waals surface area contributed by atoms with Crippen molar-refractivity contribution in [1.29, 1.82) is 0 Å². The fraction of sp³-hybridized carbons (Fsp3) is 0.357. The zero-order chi connectivity index (χ0) is 11.8. The Morgan fingerprint density at radius 1 is 1.12 bits per heavy atom. The fourth-order valence-corrected chi connectivity index (χ4v) is 3.08. The van der Waals surface area contributed by atoms with Crippen molar-refractivity contribution in [2.75, 3.05) is 5.73 Å². The molecular formula is C14H15BrN2. The van der Waals surface area contributed by atoms with E-state index in [1.165, 1.54) is 30.5 Å². The Bertz CT molecular complexity index is 578. The molecule has 0 amide bonds. The first-order valence-corrected chi connectivity index (χ1v) is 6.92. The van der Waals surface area contributed by atoms with E-state index in [1.807, 2.05) is 12.1 Å². The Hall–Kier alpha value is -1.09. The smallest absolute Gasteiger partial charge is 0.0868 e. The van der Waals surface area contributed by atoms with E-state index in [2.05, 4.69) is 22.0 Å². The van der Waals surface area contributed by atoms with Crippen LogP contribution in [0.2, 0.25) is 0 Å². The average molecular weight is 291 g/mol. The standard InChI is InChI=1S/C14H15BrN2/c15-11-7-4-6-10-13(16)9-5-2-1-3-8-12(9)17-14(10)11/h4,6-7H,1-3,5,8H2,(H2,16,17). The maximum atomic E-state index is 6.32. The predicted molar refractivity (Wildman–Crippen MR) is 75.1 cm³/mol. The Morgan fingerprint density at radius 2 is 1.94 bits per heavy atom. The zero-order valence-electron chi connectivity index (χ0n) is 9.67. The van der Waals surface area contributed by atoms with E-state index < -0.39 is 0 Å². The first-order valence-electron chi connectivity index (χ1n) is 6.13. The maximum absolute atomic E-state index is 6.32. The highest BCUT2D eigenvalue weighted by Crippen LogP contribution is 2.33. The second kappa shape index (κ2) is 4.30. The lowest BCUT2D eigenvalue weighted by molar-refractivity contribution is 0.709. The van der Waals surface area contributed by atoms with Crippen LogP contribution in [0.15, 0.2) is 22.7 Å². The number of benzene rings is 1. The lowest BCUT2D eigenvalue weighted by atomic mass is 10.0. The fourth-order valence-electron chi connectivity index (χ4n) is 2.62. The quantitative estimate of drug-likeness (QED) is 0.749. The summed E-state index contributed by atoms with van der Waals surface area (Å²) >= 11 is 3.56. The molecule has 1 aliphatic carbocycles. The van der Waals surface area contributed by atoms with Gasteiger partial charge in [0.1, 0.15) is 0 Å². The summed E-state index contributed by atoms with van der Waals surface area (Å²) in [6.07, 6.45) is 5.90. The van der Waals surface area contributed by atoms with Crippen LogP contribution in [0.1, 0.15) is 30.5 Å². The molecule has 0 saturated heterocycles. The van der Waals surface area contributed by atoms with Gasteiger partial charge in [0.25, 0.3) is 0 Å². The molecular weight excluding hydrogens is 276 g/mol. The van der Waals surface area contributed by atoms with Crippen molar-refractivity contribution in [2.45, 2.75) is 32.1 Å². The molecule has 0 unspecified atom stereocenters. The second-order valence-electron chi connectivity index (χ2n) is 4.65. The first-order chi connectivity index (χ1) is 8.27. The van der Waals surface area contributed by atoms with Crippen molar-refractivity contribution in [2.24, 2.45) is 0 Å². The van der Waals surface area contributed by atoms with E-state index in [4.69, 9.17) is 10.7 Å². The monoisotopic (exact) mass is 290 g/mol. The minimum atomic E-state index is 0.938. The Kier molecular flexibility index (Phi) is 2.79. The predicted octanol–water partition coefficient (Wildman–Crippen LogP) is 3.85. The van der Waals surface area contributed by atoms with Gasteiger partial charge in [-0.05, 0) is 53.2 Å². The van der Waals surface area contributed by atoms with Crippen molar-refractivity contribution in [1.82, 2.24) is 4.98 Å². The number of rotatable bonds is 0. The molecule has 0 radical (unpaired) electrons. The van der Waals surface area contributed by atoms with Crippen molar-refractivity contribution in [3.8, 4) is 0 Å². The summed E-state index contributed by atoms with van der Waals surface area (Å²) in [5, 5.41) is 1.08. The van der Waals surface area contributed by atoms with Crippen LogP contribution < -0.4 is 5.73 Å². The summed E-state index contributed by atoms with van der Waals surface area (Å²) in [4.78, 5) is 4.81. The van der Waals surface area contributed by atoms with Gasteiger partial charge in [0.15, 0.2) is 0 Å². The minimum absolute atomic E-state index is 0.938. The SMILES string of the molecule is Nc1c2c(nc3c(Br)cccc13)CCCCC2. The number of nitrogens with two attached hydrogens (primary N) is 1. The average Bonchev–Trinajstić information content (AvgIpc) is 2.56. The number of halogens is 1. The number of nitrogens with zero attached hydrogens (tertiary/aromatic N) is 1. The minimum Gasteiger partial charge on any atom is -0.398 e. The van der Waals surface area contributed by atoms with Gasteiger partial charge in [0.05, 0.1) is 5.52 Å². The summed E-state index contributed by atoms with van der Waals surface area (Å²) in [7, 11) is 0. The summed E-state index contributed by atoms with van der Waals surface area (Å²) in [6.45, 7) is 0. The molecule has 88 valence electrons. The lowest BCUT2D eigenvalue weighted by Crippen LogP contribution is -2.03. The summed E-state index contributed by atoms with van der Waals surface area (Å²) in [6, 6.07) is 6.11. The number of anilines is 1. The summed E-state index contributed by atoms with van der Waals surface area (Å²) in [5.41, 5.74) is 10.8. The third kappa shape index (κ3) is 1.82. The third-order valence-electron chi connectivity index (χ3n) is 3.54. The van der Waals surface area contributed by atoms with E-state index in [0.717, 1.165) is 33.9 Å². The maximum Gasteiger partial charge on any atom is 0.0868 e. The Balaban J connectivity index is 2.33. The van der Waals surface area contributed by atoms with Crippen LogP contribution in [0.3, 0.4) is 0 Å². The highest BCUT2D eigenvalue weighted by Gasteiger charge is 2.16. The summed E-state index contributed by atoms with van der Waals surface area (Å²) in [5.74, 6) is 0. The topological polar surface area (TPSA) is 38.9 Å². The van der Waals surface area contributed by atoms with Crippen LogP contribution in [0.4, 0.5) is 5.69 Å². The molecule has 2 nitrogen and oxygen atoms in total. The number of aryl methyl sites for hydroxylation is 1.